The van der Waals surface area contributed by atoms with Crippen LogP contribution in [0.1, 0.15) is 10.5 Å². The number of hydrogen-bond donors (Lipinski definition) is 0. The minimum absolute atomic E-state index is 0.0811. The number of carbonyl (C=O) groups excluding carboxylic acids is 1. The van der Waals surface area contributed by atoms with Crippen LogP contribution in [-0.2, 0) is 4.74 Å². The number of carbonyl (C=O) groups is 1. The number of morpholine rings is 1. The van der Waals surface area contributed by atoms with Gasteiger partial charge in [-0.15, -0.1) is 0 Å². The van der Waals surface area contributed by atoms with E-state index in [1.165, 1.54) is 0 Å². The molecule has 0 atom stereocenters. The summed E-state index contributed by atoms with van der Waals surface area (Å²) < 4.78 is 9.09. The van der Waals surface area contributed by atoms with Gasteiger partial charge in [0.25, 0.3) is 5.91 Å². The molecule has 8 heteroatoms. The number of ether oxygens (including phenoxy) is 1. The second-order valence-corrected chi connectivity index (χ2v) is 6.50. The topological polar surface area (TPSA) is 77.5 Å². The molecule has 1 amide bonds. The van der Waals surface area contributed by atoms with E-state index in [-0.39, 0.29) is 5.91 Å². The quantitative estimate of drug-likeness (QED) is 0.549. The molecule has 0 aliphatic carbocycles. The molecule has 0 aromatic carbocycles. The summed E-state index contributed by atoms with van der Waals surface area (Å²) in [4.78, 5) is 28.3. The highest BCUT2D eigenvalue weighted by Crippen LogP contribution is 2.23. The molecule has 0 N–H and O–H groups in total. The zero-order valence-corrected chi connectivity index (χ0v) is 15.1. The van der Waals surface area contributed by atoms with Crippen molar-refractivity contribution in [3.63, 3.8) is 0 Å². The molecule has 4 aromatic rings. The van der Waals surface area contributed by atoms with Gasteiger partial charge in [0.2, 0.25) is 0 Å². The van der Waals surface area contributed by atoms with Gasteiger partial charge < -0.3 is 9.64 Å². The Morgan fingerprint density at radius 1 is 1.04 bits per heavy atom. The highest BCUT2D eigenvalue weighted by atomic mass is 16.5. The molecule has 1 fully saturated rings. The number of imidazole rings is 2. The van der Waals surface area contributed by atoms with Gasteiger partial charge in [0.05, 0.1) is 18.7 Å². The summed E-state index contributed by atoms with van der Waals surface area (Å²) in [5, 5.41) is 0. The van der Waals surface area contributed by atoms with Crippen LogP contribution in [0.4, 0.5) is 0 Å². The second-order valence-electron chi connectivity index (χ2n) is 6.50. The summed E-state index contributed by atoms with van der Waals surface area (Å²) in [5.41, 5.74) is 1.87. The Morgan fingerprint density at radius 2 is 1.89 bits per heavy atom. The third kappa shape index (κ3) is 2.84. The fraction of sp³-hybridized carbons (Fsp3) is 0.200. The normalized spacial score (nSPS) is 14.5. The summed E-state index contributed by atoms with van der Waals surface area (Å²) in [6, 6.07) is 11.4. The summed E-state index contributed by atoms with van der Waals surface area (Å²) in [5.74, 6) is 1.32. The molecule has 1 aliphatic rings. The van der Waals surface area contributed by atoms with Gasteiger partial charge in [0.15, 0.2) is 11.5 Å². The van der Waals surface area contributed by atoms with Crippen LogP contribution in [0.15, 0.2) is 61.3 Å². The number of amides is 1. The van der Waals surface area contributed by atoms with Gasteiger partial charge in [0, 0.05) is 31.7 Å². The standard InChI is InChI=1S/C20H18N6O2/c27-20(24-9-11-28-12-10-24)18-16-5-2-4-8-26(16)19(23-18)15-13-25(14-22-15)17-6-1-3-7-21-17/h1-8,13-14H,9-12H2. The zero-order valence-electron chi connectivity index (χ0n) is 15.1. The highest BCUT2D eigenvalue weighted by Gasteiger charge is 2.25. The molecule has 4 aromatic heterocycles. The predicted molar refractivity (Wildman–Crippen MR) is 102 cm³/mol. The molecular weight excluding hydrogens is 356 g/mol. The molecule has 1 aliphatic heterocycles. The van der Waals surface area contributed by atoms with Crippen molar-refractivity contribution in [1.82, 2.24) is 28.8 Å². The Kier molecular flexibility index (Phi) is 4.10. The Labute approximate surface area is 161 Å². The SMILES string of the molecule is O=C(c1nc(-c2cn(-c3ccccn3)cn2)n2ccccc12)N1CCOCC1. The first-order valence-corrected chi connectivity index (χ1v) is 9.11. The summed E-state index contributed by atoms with van der Waals surface area (Å²) >= 11 is 0. The third-order valence-corrected chi connectivity index (χ3v) is 4.77. The minimum Gasteiger partial charge on any atom is -0.378 e. The van der Waals surface area contributed by atoms with E-state index in [4.69, 9.17) is 4.74 Å². The van der Waals surface area contributed by atoms with E-state index in [0.717, 1.165) is 11.3 Å². The Balaban J connectivity index is 1.57. The number of hydrogen-bond acceptors (Lipinski definition) is 5. The van der Waals surface area contributed by atoms with Gasteiger partial charge in [-0.2, -0.15) is 0 Å². The molecule has 5 rings (SSSR count). The molecule has 140 valence electrons. The Hall–Kier alpha value is -3.52. The van der Waals surface area contributed by atoms with Crippen LogP contribution >= 0.6 is 0 Å². The molecule has 0 radical (unpaired) electrons. The van der Waals surface area contributed by atoms with E-state index in [0.29, 0.717) is 43.5 Å². The molecule has 5 heterocycles. The van der Waals surface area contributed by atoms with Crippen LogP contribution in [0, 0.1) is 0 Å². The Morgan fingerprint density at radius 3 is 2.71 bits per heavy atom. The van der Waals surface area contributed by atoms with Crippen molar-refractivity contribution in [3.8, 4) is 17.3 Å². The van der Waals surface area contributed by atoms with Gasteiger partial charge in [-0.25, -0.2) is 15.0 Å². The first-order valence-electron chi connectivity index (χ1n) is 9.11. The average Bonchev–Trinajstić information content (AvgIpc) is 3.40. The van der Waals surface area contributed by atoms with E-state index in [2.05, 4.69) is 15.0 Å². The lowest BCUT2D eigenvalue weighted by atomic mass is 10.3. The van der Waals surface area contributed by atoms with Crippen LogP contribution in [0.3, 0.4) is 0 Å². The largest absolute Gasteiger partial charge is 0.378 e. The fourth-order valence-corrected chi connectivity index (χ4v) is 3.36. The van der Waals surface area contributed by atoms with Gasteiger partial charge in [-0.3, -0.25) is 13.8 Å². The molecule has 0 bridgehead atoms. The maximum absolute atomic E-state index is 13.0. The highest BCUT2D eigenvalue weighted by molar-refractivity contribution is 6.00. The lowest BCUT2D eigenvalue weighted by Gasteiger charge is -2.26. The van der Waals surface area contributed by atoms with E-state index in [9.17, 15) is 4.79 Å². The van der Waals surface area contributed by atoms with E-state index in [1.807, 2.05) is 57.8 Å². The number of pyridine rings is 2. The Bertz CT molecular complexity index is 1130. The van der Waals surface area contributed by atoms with Crippen molar-refractivity contribution in [2.75, 3.05) is 26.3 Å². The summed E-state index contributed by atoms with van der Waals surface area (Å²) in [6.07, 6.45) is 7.20. The molecule has 0 spiro atoms. The van der Waals surface area contributed by atoms with Crippen molar-refractivity contribution < 1.29 is 9.53 Å². The molecule has 0 saturated carbocycles. The van der Waals surface area contributed by atoms with Crippen LogP contribution in [-0.4, -0.2) is 61.0 Å². The van der Waals surface area contributed by atoms with Crippen LogP contribution < -0.4 is 0 Å². The summed E-state index contributed by atoms with van der Waals surface area (Å²) in [6.45, 7) is 2.26. The number of fused-ring (bicyclic) bond motifs is 1. The van der Waals surface area contributed by atoms with Gasteiger partial charge in [-0.05, 0) is 24.3 Å². The van der Waals surface area contributed by atoms with Crippen molar-refractivity contribution in [3.05, 3.63) is 67.0 Å². The van der Waals surface area contributed by atoms with Crippen molar-refractivity contribution in [1.29, 1.82) is 0 Å². The molecule has 8 nitrogen and oxygen atoms in total. The number of rotatable bonds is 3. The van der Waals surface area contributed by atoms with Crippen molar-refractivity contribution in [2.24, 2.45) is 0 Å². The molecular formula is C20H18N6O2. The second kappa shape index (κ2) is 6.90. The van der Waals surface area contributed by atoms with E-state index in [1.54, 1.807) is 17.4 Å². The molecule has 28 heavy (non-hydrogen) atoms. The zero-order chi connectivity index (χ0) is 18.9. The van der Waals surface area contributed by atoms with E-state index >= 15 is 0 Å². The smallest absolute Gasteiger partial charge is 0.274 e. The lowest BCUT2D eigenvalue weighted by Crippen LogP contribution is -2.40. The monoisotopic (exact) mass is 374 g/mol. The van der Waals surface area contributed by atoms with Crippen LogP contribution in [0.2, 0.25) is 0 Å². The summed E-state index contributed by atoms with van der Waals surface area (Å²) in [7, 11) is 0. The average molecular weight is 374 g/mol. The third-order valence-electron chi connectivity index (χ3n) is 4.77. The first-order chi connectivity index (χ1) is 13.8. The number of aromatic nitrogens is 5. The minimum atomic E-state index is -0.0811. The predicted octanol–water partition coefficient (Wildman–Crippen LogP) is 2.05. The lowest BCUT2D eigenvalue weighted by molar-refractivity contribution is 0.0301. The van der Waals surface area contributed by atoms with Gasteiger partial charge in [0.1, 0.15) is 17.8 Å². The van der Waals surface area contributed by atoms with Gasteiger partial charge in [-0.1, -0.05) is 12.1 Å². The molecule has 0 unspecified atom stereocenters. The van der Waals surface area contributed by atoms with Crippen LogP contribution in [0.25, 0.3) is 22.9 Å². The van der Waals surface area contributed by atoms with E-state index < -0.39 is 0 Å². The first kappa shape index (κ1) is 16.6. The van der Waals surface area contributed by atoms with Crippen molar-refractivity contribution >= 4 is 11.4 Å². The maximum Gasteiger partial charge on any atom is 0.274 e. The maximum atomic E-state index is 13.0. The van der Waals surface area contributed by atoms with Gasteiger partial charge >= 0.3 is 0 Å². The fourth-order valence-electron chi connectivity index (χ4n) is 3.36. The molecule has 1 saturated heterocycles. The van der Waals surface area contributed by atoms with Crippen molar-refractivity contribution in [2.45, 2.75) is 0 Å². The van der Waals surface area contributed by atoms with Crippen LogP contribution in [0.5, 0.6) is 0 Å². The number of nitrogens with zero attached hydrogens (tertiary/aromatic N) is 6.